The van der Waals surface area contributed by atoms with Crippen LogP contribution in [-0.4, -0.2) is 46.6 Å². The first kappa shape index (κ1) is 27.3. The first-order valence-corrected chi connectivity index (χ1v) is 14.3. The summed E-state index contributed by atoms with van der Waals surface area (Å²) in [7, 11) is 0. The van der Waals surface area contributed by atoms with E-state index in [0.717, 1.165) is 44.3 Å². The van der Waals surface area contributed by atoms with Gasteiger partial charge in [-0.2, -0.15) is 0 Å². The minimum Gasteiger partial charge on any atom is -0.453 e. The topological polar surface area (TPSA) is 99.7 Å². The van der Waals surface area contributed by atoms with Gasteiger partial charge in [-0.05, 0) is 48.5 Å². The quantitative estimate of drug-likeness (QED) is 0.207. The first-order chi connectivity index (χ1) is 20.5. The highest BCUT2D eigenvalue weighted by Crippen LogP contribution is 2.39. The third-order valence-corrected chi connectivity index (χ3v) is 7.92. The number of ether oxygens (including phenoxy) is 1. The zero-order valence-corrected chi connectivity index (χ0v) is 23.5. The minimum atomic E-state index is -0.661. The van der Waals surface area contributed by atoms with Crippen LogP contribution in [0.3, 0.4) is 0 Å². The number of carbonyl (C=O) groups is 2. The summed E-state index contributed by atoms with van der Waals surface area (Å²) in [4.78, 5) is 38.2. The molecule has 4 amide bonds. The second kappa shape index (κ2) is 11.9. The van der Waals surface area contributed by atoms with Crippen molar-refractivity contribution in [2.75, 3.05) is 29.9 Å². The van der Waals surface area contributed by atoms with Crippen LogP contribution in [-0.2, 0) is 6.54 Å². The number of carbonyl (C=O) groups excluding carboxylic acids is 2. The molecule has 1 saturated heterocycles. The average Bonchev–Trinajstić information content (AvgIpc) is 3.62. The Hall–Kier alpha value is -4.87. The average molecular weight is 583 g/mol. The second-order valence-corrected chi connectivity index (χ2v) is 10.6. The summed E-state index contributed by atoms with van der Waals surface area (Å²) in [6.45, 7) is 4.30. The maximum Gasteiger partial charge on any atom is 0.332 e. The summed E-state index contributed by atoms with van der Waals surface area (Å²) >= 11 is 1.46. The third-order valence-electron chi connectivity index (χ3n) is 6.76. The number of rotatable bonds is 8. The number of halogens is 1. The molecule has 1 aliphatic heterocycles. The molecular formula is C31H27FN6O3S. The Kier molecular flexibility index (Phi) is 7.76. The fourth-order valence-corrected chi connectivity index (χ4v) is 5.65. The normalized spacial score (nSPS) is 13.1. The summed E-state index contributed by atoms with van der Waals surface area (Å²) in [5.41, 5.74) is 3.55. The van der Waals surface area contributed by atoms with Crippen LogP contribution in [0.15, 0.2) is 85.2 Å². The number of para-hydroxylation sites is 1. The Morgan fingerprint density at radius 1 is 1.02 bits per heavy atom. The number of urea groups is 2. The van der Waals surface area contributed by atoms with E-state index in [-0.39, 0.29) is 18.0 Å². The molecule has 4 heterocycles. The van der Waals surface area contributed by atoms with Crippen molar-refractivity contribution in [2.45, 2.75) is 13.5 Å². The highest BCUT2D eigenvalue weighted by molar-refractivity contribution is 7.22. The van der Waals surface area contributed by atoms with E-state index in [0.29, 0.717) is 18.0 Å². The summed E-state index contributed by atoms with van der Waals surface area (Å²) in [5, 5.41) is 5.89. The summed E-state index contributed by atoms with van der Waals surface area (Å²) in [5.74, 6) is -0.209. The van der Waals surface area contributed by atoms with Gasteiger partial charge in [0.05, 0.1) is 27.3 Å². The number of anilines is 2. The summed E-state index contributed by atoms with van der Waals surface area (Å²) < 4.78 is 21.8. The predicted molar refractivity (Wildman–Crippen MR) is 162 cm³/mol. The Labute approximate surface area is 245 Å². The number of benzene rings is 2. The molecule has 0 spiro atoms. The number of nitrogens with one attached hydrogen (secondary N) is 2. The Balaban J connectivity index is 1.15. The summed E-state index contributed by atoms with van der Waals surface area (Å²) in [6.07, 6.45) is 3.46. The van der Waals surface area contributed by atoms with Crippen LogP contribution in [0, 0.1) is 5.82 Å². The highest BCUT2D eigenvalue weighted by Gasteiger charge is 2.34. The monoisotopic (exact) mass is 582 g/mol. The van der Waals surface area contributed by atoms with Gasteiger partial charge in [-0.25, -0.2) is 18.9 Å². The van der Waals surface area contributed by atoms with Crippen LogP contribution in [0.25, 0.3) is 20.8 Å². The molecule has 6 rings (SSSR count). The summed E-state index contributed by atoms with van der Waals surface area (Å²) in [6, 6.07) is 19.8. The zero-order valence-electron chi connectivity index (χ0n) is 22.7. The smallest absolute Gasteiger partial charge is 0.332 e. The molecule has 42 heavy (non-hydrogen) atoms. The molecule has 2 N–H and O–H groups in total. The molecule has 0 aliphatic carbocycles. The number of nitrogens with zero attached hydrogens (tertiary/aromatic N) is 4. The SMILES string of the molecule is CCNCc1ccc(-c2cc3nccc(Oc4ccc(NC(=O)N5CCN(c6ccccc6)C5=O)cc4F)c3s2)nc1. The number of amides is 4. The molecule has 0 bridgehead atoms. The molecule has 9 nitrogen and oxygen atoms in total. The minimum absolute atomic E-state index is 0.00569. The van der Waals surface area contributed by atoms with E-state index in [2.05, 4.69) is 27.5 Å². The Bertz CT molecular complexity index is 1750. The van der Waals surface area contributed by atoms with Gasteiger partial charge in [-0.3, -0.25) is 14.9 Å². The molecule has 2 aromatic carbocycles. The standard InChI is InChI=1S/C31H27FN6O3S/c1-2-33-18-20-8-10-24(35-19-20)28-17-25-29(42-28)27(12-13-34-25)41-26-11-9-21(16-23(26)32)36-30(39)38-15-14-37(31(38)40)22-6-4-3-5-7-22/h3-13,16-17,19,33H,2,14-15,18H2,1H3,(H,36,39). The number of fused-ring (bicyclic) bond motifs is 1. The van der Waals surface area contributed by atoms with E-state index in [9.17, 15) is 9.59 Å². The van der Waals surface area contributed by atoms with Gasteiger partial charge in [0.25, 0.3) is 0 Å². The first-order valence-electron chi connectivity index (χ1n) is 13.5. The van der Waals surface area contributed by atoms with Gasteiger partial charge < -0.3 is 15.4 Å². The molecule has 0 atom stereocenters. The number of hydrogen-bond donors (Lipinski definition) is 2. The zero-order chi connectivity index (χ0) is 29.1. The number of imide groups is 1. The maximum atomic E-state index is 15.1. The van der Waals surface area contributed by atoms with Gasteiger partial charge >= 0.3 is 12.1 Å². The number of aromatic nitrogens is 2. The number of hydrogen-bond acceptors (Lipinski definition) is 7. The van der Waals surface area contributed by atoms with Gasteiger partial charge in [0.2, 0.25) is 0 Å². The van der Waals surface area contributed by atoms with Crippen molar-refractivity contribution >= 4 is 45.0 Å². The van der Waals surface area contributed by atoms with Crippen molar-refractivity contribution in [3.63, 3.8) is 0 Å². The molecule has 0 radical (unpaired) electrons. The highest BCUT2D eigenvalue weighted by atomic mass is 32.1. The maximum absolute atomic E-state index is 15.1. The van der Waals surface area contributed by atoms with Gasteiger partial charge in [-0.1, -0.05) is 31.2 Å². The number of pyridine rings is 2. The van der Waals surface area contributed by atoms with Crippen molar-refractivity contribution in [3.05, 3.63) is 96.6 Å². The van der Waals surface area contributed by atoms with Crippen molar-refractivity contribution in [1.82, 2.24) is 20.2 Å². The lowest BCUT2D eigenvalue weighted by Gasteiger charge is -2.18. The van der Waals surface area contributed by atoms with Crippen LogP contribution >= 0.6 is 11.3 Å². The van der Waals surface area contributed by atoms with Crippen LogP contribution < -0.4 is 20.3 Å². The van der Waals surface area contributed by atoms with Crippen LogP contribution in [0.1, 0.15) is 12.5 Å². The van der Waals surface area contributed by atoms with Gasteiger partial charge in [-0.15, -0.1) is 11.3 Å². The number of thiophene rings is 1. The van der Waals surface area contributed by atoms with E-state index in [1.54, 1.807) is 24.4 Å². The lowest BCUT2D eigenvalue weighted by molar-refractivity contribution is 0.209. The molecule has 3 aromatic heterocycles. The van der Waals surface area contributed by atoms with Crippen molar-refractivity contribution < 1.29 is 18.7 Å². The molecule has 5 aromatic rings. The molecule has 11 heteroatoms. The van der Waals surface area contributed by atoms with Crippen molar-refractivity contribution in [1.29, 1.82) is 0 Å². The fourth-order valence-electron chi connectivity index (χ4n) is 4.61. The van der Waals surface area contributed by atoms with Gasteiger partial charge in [0.1, 0.15) is 5.75 Å². The van der Waals surface area contributed by atoms with Gasteiger partial charge in [0.15, 0.2) is 11.6 Å². The molecule has 1 fully saturated rings. The Morgan fingerprint density at radius 3 is 2.64 bits per heavy atom. The second-order valence-electron chi connectivity index (χ2n) is 9.56. The van der Waals surface area contributed by atoms with E-state index in [1.807, 2.05) is 42.6 Å². The molecular weight excluding hydrogens is 555 g/mol. The van der Waals surface area contributed by atoms with E-state index in [4.69, 9.17) is 4.74 Å². The van der Waals surface area contributed by atoms with Gasteiger partial charge in [0, 0.05) is 49.0 Å². The van der Waals surface area contributed by atoms with Crippen LogP contribution in [0.5, 0.6) is 11.5 Å². The molecule has 1 aliphatic rings. The third kappa shape index (κ3) is 5.65. The van der Waals surface area contributed by atoms with Crippen molar-refractivity contribution in [2.24, 2.45) is 0 Å². The molecule has 0 saturated carbocycles. The van der Waals surface area contributed by atoms with E-state index < -0.39 is 17.9 Å². The van der Waals surface area contributed by atoms with Crippen molar-refractivity contribution in [3.8, 4) is 22.1 Å². The fraction of sp³-hybridized carbons (Fsp3) is 0.161. The van der Waals surface area contributed by atoms with E-state index in [1.165, 1.54) is 34.4 Å². The largest absolute Gasteiger partial charge is 0.453 e. The van der Waals surface area contributed by atoms with E-state index >= 15 is 4.39 Å². The lowest BCUT2D eigenvalue weighted by atomic mass is 10.2. The molecule has 0 unspecified atom stereocenters. The Morgan fingerprint density at radius 2 is 1.88 bits per heavy atom. The van der Waals surface area contributed by atoms with Crippen LogP contribution in [0.4, 0.5) is 25.4 Å². The lowest BCUT2D eigenvalue weighted by Crippen LogP contribution is -2.39. The predicted octanol–water partition coefficient (Wildman–Crippen LogP) is 6.87. The molecule has 212 valence electrons. The van der Waals surface area contributed by atoms with Crippen LogP contribution in [0.2, 0.25) is 0 Å².